The Labute approximate surface area is 102 Å². The van der Waals surface area contributed by atoms with E-state index >= 15 is 0 Å². The third kappa shape index (κ3) is 2.55. The quantitative estimate of drug-likeness (QED) is 0.878. The van der Waals surface area contributed by atoms with E-state index in [0.29, 0.717) is 18.4 Å². The average Bonchev–Trinajstić information content (AvgIpc) is 2.77. The van der Waals surface area contributed by atoms with Crippen LogP contribution in [0.5, 0.6) is 0 Å². The minimum absolute atomic E-state index is 0.376. The van der Waals surface area contributed by atoms with Gasteiger partial charge in [0.1, 0.15) is 0 Å². The Morgan fingerprint density at radius 1 is 1.22 bits per heavy atom. The molecule has 0 aliphatic heterocycles. The molecule has 0 fully saturated rings. The largest absolute Gasteiger partial charge is 0.481 e. The first-order valence-electron chi connectivity index (χ1n) is 5.47. The Bertz CT molecular complexity index is 486. The summed E-state index contributed by atoms with van der Waals surface area (Å²) in [5.41, 5.74) is 0.766. The zero-order valence-corrected chi connectivity index (χ0v) is 9.37. The number of alkyl halides is 3. The van der Waals surface area contributed by atoms with Crippen LogP contribution in [0.15, 0.2) is 30.3 Å². The second-order valence-electron chi connectivity index (χ2n) is 4.28. The second kappa shape index (κ2) is 4.48. The summed E-state index contributed by atoms with van der Waals surface area (Å²) in [5.74, 6) is -1.32. The summed E-state index contributed by atoms with van der Waals surface area (Å²) in [6, 6.07) is 4.81. The highest BCUT2D eigenvalue weighted by Gasteiger charge is 2.30. The van der Waals surface area contributed by atoms with E-state index in [4.69, 9.17) is 5.11 Å². The monoisotopic (exact) mass is 256 g/mol. The summed E-state index contributed by atoms with van der Waals surface area (Å²) >= 11 is 0. The summed E-state index contributed by atoms with van der Waals surface area (Å²) < 4.78 is 37.1. The van der Waals surface area contributed by atoms with Crippen molar-refractivity contribution in [2.75, 3.05) is 0 Å². The van der Waals surface area contributed by atoms with Crippen molar-refractivity contribution in [3.8, 4) is 0 Å². The number of hydrogen-bond donors (Lipinski definition) is 1. The van der Waals surface area contributed by atoms with Gasteiger partial charge in [-0.1, -0.05) is 18.2 Å². The molecule has 1 N–H and O–H groups in total. The second-order valence-corrected chi connectivity index (χ2v) is 4.28. The summed E-state index contributed by atoms with van der Waals surface area (Å²) in [7, 11) is 0. The molecule has 0 aromatic heterocycles. The number of carboxylic acids is 1. The van der Waals surface area contributed by atoms with Crippen molar-refractivity contribution in [1.29, 1.82) is 0 Å². The number of aliphatic carboxylic acids is 1. The maximum atomic E-state index is 12.4. The van der Waals surface area contributed by atoms with Crippen LogP contribution in [0.1, 0.15) is 24.0 Å². The van der Waals surface area contributed by atoms with Gasteiger partial charge in [0.05, 0.1) is 11.5 Å². The highest BCUT2D eigenvalue weighted by atomic mass is 19.4. The molecule has 0 spiro atoms. The van der Waals surface area contributed by atoms with Crippen molar-refractivity contribution in [2.45, 2.75) is 19.0 Å². The van der Waals surface area contributed by atoms with E-state index in [1.807, 2.05) is 0 Å². The van der Waals surface area contributed by atoms with Crippen molar-refractivity contribution >= 4 is 11.5 Å². The third-order valence-corrected chi connectivity index (χ3v) is 3.05. The molecule has 0 bridgehead atoms. The maximum absolute atomic E-state index is 12.4. The van der Waals surface area contributed by atoms with Crippen LogP contribution >= 0.6 is 0 Å². The molecule has 18 heavy (non-hydrogen) atoms. The molecule has 5 heteroatoms. The summed E-state index contributed by atoms with van der Waals surface area (Å²) in [5, 5.41) is 8.85. The lowest BCUT2D eigenvalue weighted by Gasteiger charge is -2.09. The molecule has 1 aromatic carbocycles. The predicted molar refractivity (Wildman–Crippen MR) is 59.8 cm³/mol. The highest BCUT2D eigenvalue weighted by Crippen LogP contribution is 2.34. The van der Waals surface area contributed by atoms with Gasteiger partial charge in [0.2, 0.25) is 0 Å². The number of carboxylic acid groups (broad SMARTS) is 1. The van der Waals surface area contributed by atoms with E-state index in [0.717, 1.165) is 17.7 Å². The minimum Gasteiger partial charge on any atom is -0.481 e. The fourth-order valence-corrected chi connectivity index (χ4v) is 2.01. The van der Waals surface area contributed by atoms with Gasteiger partial charge >= 0.3 is 12.1 Å². The smallest absolute Gasteiger partial charge is 0.416 e. The summed E-state index contributed by atoms with van der Waals surface area (Å²) in [6.07, 6.45) is -1.75. The number of benzene rings is 1. The molecule has 1 aliphatic rings. The molecular weight excluding hydrogens is 245 g/mol. The highest BCUT2D eigenvalue weighted by molar-refractivity contribution is 5.78. The van der Waals surface area contributed by atoms with Crippen LogP contribution < -0.4 is 0 Å². The van der Waals surface area contributed by atoms with Crippen molar-refractivity contribution in [3.05, 3.63) is 41.5 Å². The zero-order chi connectivity index (χ0) is 13.3. The fourth-order valence-electron chi connectivity index (χ4n) is 2.01. The van der Waals surface area contributed by atoms with Crippen molar-refractivity contribution in [2.24, 2.45) is 5.92 Å². The molecule has 1 aliphatic carbocycles. The Morgan fingerprint density at radius 3 is 2.28 bits per heavy atom. The zero-order valence-electron chi connectivity index (χ0n) is 9.37. The van der Waals surface area contributed by atoms with Gasteiger partial charge in [-0.3, -0.25) is 4.79 Å². The first-order valence-corrected chi connectivity index (χ1v) is 5.47. The molecule has 0 heterocycles. The van der Waals surface area contributed by atoms with E-state index in [1.54, 1.807) is 6.08 Å². The lowest BCUT2D eigenvalue weighted by atomic mass is 10.00. The van der Waals surface area contributed by atoms with Gasteiger partial charge in [0.25, 0.3) is 0 Å². The topological polar surface area (TPSA) is 37.3 Å². The van der Waals surface area contributed by atoms with E-state index in [9.17, 15) is 18.0 Å². The number of allylic oxidation sites excluding steroid dienone is 2. The molecular formula is C13H11F3O2. The van der Waals surface area contributed by atoms with Gasteiger partial charge in [-0.2, -0.15) is 13.2 Å². The third-order valence-electron chi connectivity index (χ3n) is 3.05. The van der Waals surface area contributed by atoms with Gasteiger partial charge in [0, 0.05) is 0 Å². The van der Waals surface area contributed by atoms with Gasteiger partial charge in [0.15, 0.2) is 0 Å². The molecule has 1 aromatic rings. The van der Waals surface area contributed by atoms with Crippen LogP contribution in [0.2, 0.25) is 0 Å². The molecule has 0 radical (unpaired) electrons. The summed E-state index contributed by atoms with van der Waals surface area (Å²) in [4.78, 5) is 10.8. The lowest BCUT2D eigenvalue weighted by Crippen LogP contribution is -2.09. The molecule has 96 valence electrons. The van der Waals surface area contributed by atoms with E-state index in [-0.39, 0.29) is 0 Å². The number of hydrogen-bond acceptors (Lipinski definition) is 1. The maximum Gasteiger partial charge on any atom is 0.416 e. The van der Waals surface area contributed by atoms with Gasteiger partial charge in [-0.25, -0.2) is 0 Å². The molecule has 1 atom stereocenters. The first kappa shape index (κ1) is 12.7. The molecule has 0 saturated carbocycles. The van der Waals surface area contributed by atoms with E-state index < -0.39 is 23.6 Å². The average molecular weight is 256 g/mol. The first-order chi connectivity index (χ1) is 8.38. The van der Waals surface area contributed by atoms with Crippen molar-refractivity contribution in [3.63, 3.8) is 0 Å². The van der Waals surface area contributed by atoms with E-state index in [1.165, 1.54) is 12.1 Å². The Kier molecular flexibility index (Phi) is 3.15. The lowest BCUT2D eigenvalue weighted by molar-refractivity contribution is -0.141. The molecule has 0 amide bonds. The number of rotatable bonds is 2. The van der Waals surface area contributed by atoms with Gasteiger partial charge < -0.3 is 5.11 Å². The Hall–Kier alpha value is -1.78. The SMILES string of the molecule is O=C(O)C1CC=C(c2ccc(C(F)(F)F)cc2)C1. The number of carbonyl (C=O) groups is 1. The normalized spacial score (nSPS) is 19.7. The standard InChI is InChI=1S/C13H11F3O2/c14-13(15,16)11-5-3-8(4-6-11)9-1-2-10(7-9)12(17)18/h1,3-6,10H,2,7H2,(H,17,18). The summed E-state index contributed by atoms with van der Waals surface area (Å²) in [6.45, 7) is 0. The van der Waals surface area contributed by atoms with Crippen LogP contribution in [0.4, 0.5) is 13.2 Å². The van der Waals surface area contributed by atoms with Crippen LogP contribution in [0.25, 0.3) is 5.57 Å². The van der Waals surface area contributed by atoms with Crippen LogP contribution in [-0.4, -0.2) is 11.1 Å². The molecule has 2 rings (SSSR count). The fraction of sp³-hybridized carbons (Fsp3) is 0.308. The van der Waals surface area contributed by atoms with E-state index in [2.05, 4.69) is 0 Å². The van der Waals surface area contributed by atoms with Crippen molar-refractivity contribution in [1.82, 2.24) is 0 Å². The van der Waals surface area contributed by atoms with Crippen LogP contribution in [-0.2, 0) is 11.0 Å². The minimum atomic E-state index is -4.34. The van der Waals surface area contributed by atoms with Gasteiger partial charge in [-0.15, -0.1) is 0 Å². The molecule has 1 unspecified atom stereocenters. The predicted octanol–water partition coefficient (Wildman–Crippen LogP) is 3.58. The molecule has 2 nitrogen and oxygen atoms in total. The van der Waals surface area contributed by atoms with Crippen molar-refractivity contribution < 1.29 is 23.1 Å². The molecule has 0 saturated heterocycles. The van der Waals surface area contributed by atoms with Gasteiger partial charge in [-0.05, 0) is 36.1 Å². The number of halogens is 3. The van der Waals surface area contributed by atoms with Crippen LogP contribution in [0, 0.1) is 5.92 Å². The van der Waals surface area contributed by atoms with Crippen LogP contribution in [0.3, 0.4) is 0 Å². The Morgan fingerprint density at radius 2 is 1.83 bits per heavy atom. The Balaban J connectivity index is 2.15.